The fraction of sp³-hybridized carbons (Fsp3) is 0.0909. The molecule has 0 aliphatic rings. The van der Waals surface area contributed by atoms with E-state index >= 15 is 0 Å². The van der Waals surface area contributed by atoms with E-state index in [2.05, 4.69) is 42.5 Å². The average molecular weight is 518 g/mol. The van der Waals surface area contributed by atoms with Gasteiger partial charge in [0.25, 0.3) is 11.8 Å². The van der Waals surface area contributed by atoms with Crippen LogP contribution in [0.4, 0.5) is 11.4 Å². The monoisotopic (exact) mass is 516 g/mol. The molecule has 0 bridgehead atoms. The van der Waals surface area contributed by atoms with Crippen LogP contribution in [-0.2, 0) is 4.79 Å². The van der Waals surface area contributed by atoms with Gasteiger partial charge < -0.3 is 15.4 Å². The highest BCUT2D eigenvalue weighted by Crippen LogP contribution is 2.32. The molecule has 29 heavy (non-hydrogen) atoms. The maximum atomic E-state index is 12.6. The normalized spacial score (nSPS) is 10.3. The molecular formula is C22H18Br2N2O3. The van der Waals surface area contributed by atoms with Gasteiger partial charge in [0.15, 0.2) is 6.61 Å². The summed E-state index contributed by atoms with van der Waals surface area (Å²) in [6.07, 6.45) is 0. The van der Waals surface area contributed by atoms with Crippen molar-refractivity contribution in [2.45, 2.75) is 6.92 Å². The Morgan fingerprint density at radius 3 is 2.34 bits per heavy atom. The van der Waals surface area contributed by atoms with Crippen LogP contribution in [0.2, 0.25) is 0 Å². The summed E-state index contributed by atoms with van der Waals surface area (Å²) in [5.41, 5.74) is 2.35. The summed E-state index contributed by atoms with van der Waals surface area (Å²) >= 11 is 6.85. The van der Waals surface area contributed by atoms with Crippen molar-refractivity contribution in [3.63, 3.8) is 0 Å². The van der Waals surface area contributed by atoms with Gasteiger partial charge in [-0.25, -0.2) is 0 Å². The second kappa shape index (κ2) is 9.71. The number of amides is 2. The number of ether oxygens (including phenoxy) is 1. The van der Waals surface area contributed by atoms with Crippen LogP contribution in [0.1, 0.15) is 15.9 Å². The second-order valence-corrected chi connectivity index (χ2v) is 8.01. The van der Waals surface area contributed by atoms with Crippen LogP contribution < -0.4 is 15.4 Å². The minimum Gasteiger partial charge on any atom is -0.482 e. The Kier molecular flexibility index (Phi) is 7.06. The van der Waals surface area contributed by atoms with Gasteiger partial charge in [0.1, 0.15) is 5.75 Å². The van der Waals surface area contributed by atoms with E-state index in [-0.39, 0.29) is 18.4 Å². The standard InChI is InChI=1S/C22H18Br2N2O3/c1-14-11-15(23)12-18(24)21(14)29-13-20(27)26-19-10-6-5-9-17(19)22(28)25-16-7-3-2-4-8-16/h2-12H,13H2,1H3,(H,25,28)(H,26,27). The van der Waals surface area contributed by atoms with Crippen LogP contribution in [0.25, 0.3) is 0 Å². The van der Waals surface area contributed by atoms with Crippen molar-refractivity contribution < 1.29 is 14.3 Å². The summed E-state index contributed by atoms with van der Waals surface area (Å²) in [5.74, 6) is -0.0721. The molecule has 0 saturated carbocycles. The van der Waals surface area contributed by atoms with Gasteiger partial charge >= 0.3 is 0 Å². The Balaban J connectivity index is 1.67. The highest BCUT2D eigenvalue weighted by atomic mass is 79.9. The quantitative estimate of drug-likeness (QED) is 0.435. The number of aryl methyl sites for hydroxylation is 1. The third kappa shape index (κ3) is 5.68. The molecule has 0 spiro atoms. The molecule has 0 atom stereocenters. The second-order valence-electron chi connectivity index (χ2n) is 6.24. The number of rotatable bonds is 6. The SMILES string of the molecule is Cc1cc(Br)cc(Br)c1OCC(=O)Nc1ccccc1C(=O)Nc1ccccc1. The maximum absolute atomic E-state index is 12.6. The largest absolute Gasteiger partial charge is 0.482 e. The Hall–Kier alpha value is -2.64. The predicted molar refractivity (Wildman–Crippen MR) is 122 cm³/mol. The number of halogens is 2. The highest BCUT2D eigenvalue weighted by Gasteiger charge is 2.15. The van der Waals surface area contributed by atoms with Gasteiger partial charge in [0.2, 0.25) is 0 Å². The van der Waals surface area contributed by atoms with E-state index < -0.39 is 0 Å². The third-order valence-corrected chi connectivity index (χ3v) is 5.07. The van der Waals surface area contributed by atoms with Crippen LogP contribution in [-0.4, -0.2) is 18.4 Å². The number of para-hydroxylation sites is 2. The summed E-state index contributed by atoms with van der Waals surface area (Å²) in [7, 11) is 0. The first kappa shape index (κ1) is 21.1. The number of hydrogen-bond acceptors (Lipinski definition) is 3. The number of benzene rings is 3. The average Bonchev–Trinajstić information content (AvgIpc) is 2.68. The molecule has 0 heterocycles. The molecule has 2 amide bonds. The number of carbonyl (C=O) groups excluding carboxylic acids is 2. The fourth-order valence-electron chi connectivity index (χ4n) is 2.71. The first-order valence-corrected chi connectivity index (χ1v) is 10.4. The molecule has 0 fully saturated rings. The molecular weight excluding hydrogens is 500 g/mol. The van der Waals surface area contributed by atoms with Crippen LogP contribution in [0, 0.1) is 6.92 Å². The maximum Gasteiger partial charge on any atom is 0.262 e. The van der Waals surface area contributed by atoms with Gasteiger partial charge in [-0.1, -0.05) is 46.3 Å². The van der Waals surface area contributed by atoms with Crippen LogP contribution in [0.5, 0.6) is 5.75 Å². The molecule has 7 heteroatoms. The van der Waals surface area contributed by atoms with Crippen molar-refractivity contribution in [1.29, 1.82) is 0 Å². The zero-order valence-corrected chi connectivity index (χ0v) is 18.7. The molecule has 148 valence electrons. The number of anilines is 2. The first-order chi connectivity index (χ1) is 13.9. The van der Waals surface area contributed by atoms with Crippen molar-refractivity contribution in [1.82, 2.24) is 0 Å². The zero-order valence-electron chi connectivity index (χ0n) is 15.5. The fourth-order valence-corrected chi connectivity index (χ4v) is 4.26. The smallest absolute Gasteiger partial charge is 0.262 e. The molecule has 3 aromatic carbocycles. The molecule has 0 aromatic heterocycles. The van der Waals surface area contributed by atoms with Crippen LogP contribution >= 0.6 is 31.9 Å². The summed E-state index contributed by atoms with van der Waals surface area (Å²) < 4.78 is 7.34. The van der Waals surface area contributed by atoms with E-state index in [1.807, 2.05) is 37.3 Å². The van der Waals surface area contributed by atoms with Crippen molar-refractivity contribution >= 4 is 55.0 Å². The summed E-state index contributed by atoms with van der Waals surface area (Å²) in [6.45, 7) is 1.71. The lowest BCUT2D eigenvalue weighted by molar-refractivity contribution is -0.118. The Morgan fingerprint density at radius 2 is 1.62 bits per heavy atom. The third-order valence-electron chi connectivity index (χ3n) is 4.02. The summed E-state index contributed by atoms with van der Waals surface area (Å²) in [4.78, 5) is 25.0. The number of carbonyl (C=O) groups is 2. The lowest BCUT2D eigenvalue weighted by Crippen LogP contribution is -2.23. The lowest BCUT2D eigenvalue weighted by atomic mass is 10.1. The van der Waals surface area contributed by atoms with E-state index in [0.717, 1.165) is 14.5 Å². The summed E-state index contributed by atoms with van der Waals surface area (Å²) in [5, 5.41) is 5.57. The topological polar surface area (TPSA) is 67.4 Å². The minimum absolute atomic E-state index is 0.185. The van der Waals surface area contributed by atoms with E-state index in [1.165, 1.54) is 0 Å². The molecule has 0 saturated heterocycles. The van der Waals surface area contributed by atoms with Gasteiger partial charge in [-0.3, -0.25) is 9.59 Å². The van der Waals surface area contributed by atoms with Gasteiger partial charge in [-0.2, -0.15) is 0 Å². The van der Waals surface area contributed by atoms with Crippen LogP contribution in [0.3, 0.4) is 0 Å². The predicted octanol–water partition coefficient (Wildman–Crippen LogP) is 5.79. The van der Waals surface area contributed by atoms with E-state index in [9.17, 15) is 9.59 Å². The van der Waals surface area contributed by atoms with E-state index in [0.29, 0.717) is 22.7 Å². The molecule has 0 unspecified atom stereocenters. The molecule has 2 N–H and O–H groups in total. The van der Waals surface area contributed by atoms with Crippen molar-refractivity contribution in [2.24, 2.45) is 0 Å². The van der Waals surface area contributed by atoms with E-state index in [1.54, 1.807) is 36.4 Å². The molecule has 0 radical (unpaired) electrons. The van der Waals surface area contributed by atoms with Gasteiger partial charge in [0.05, 0.1) is 15.7 Å². The highest BCUT2D eigenvalue weighted by molar-refractivity contribution is 9.11. The van der Waals surface area contributed by atoms with Gasteiger partial charge in [-0.05, 0) is 64.8 Å². The van der Waals surface area contributed by atoms with Gasteiger partial charge in [-0.15, -0.1) is 0 Å². The zero-order chi connectivity index (χ0) is 20.8. The van der Waals surface area contributed by atoms with Crippen molar-refractivity contribution in [2.75, 3.05) is 17.2 Å². The van der Waals surface area contributed by atoms with Crippen molar-refractivity contribution in [3.8, 4) is 5.75 Å². The molecule has 3 aromatic rings. The minimum atomic E-state index is -0.362. The number of hydrogen-bond donors (Lipinski definition) is 2. The first-order valence-electron chi connectivity index (χ1n) is 8.78. The Labute approximate surface area is 185 Å². The summed E-state index contributed by atoms with van der Waals surface area (Å²) in [6, 6.07) is 19.7. The molecule has 5 nitrogen and oxygen atoms in total. The number of nitrogens with one attached hydrogen (secondary N) is 2. The Morgan fingerprint density at radius 1 is 0.931 bits per heavy atom. The Bertz CT molecular complexity index is 1020. The molecule has 3 rings (SSSR count). The van der Waals surface area contributed by atoms with Crippen molar-refractivity contribution in [3.05, 3.63) is 86.8 Å². The lowest BCUT2D eigenvalue weighted by Gasteiger charge is -2.14. The van der Waals surface area contributed by atoms with Crippen LogP contribution in [0.15, 0.2) is 75.7 Å². The van der Waals surface area contributed by atoms with Gasteiger partial charge in [0, 0.05) is 10.2 Å². The molecule has 0 aliphatic carbocycles. The molecule has 0 aliphatic heterocycles. The van der Waals surface area contributed by atoms with E-state index in [4.69, 9.17) is 4.74 Å².